The average Bonchev–Trinajstić information content (AvgIpc) is 2.89. The highest BCUT2D eigenvalue weighted by atomic mass is 16.2. The predicted octanol–water partition coefficient (Wildman–Crippen LogP) is 1.37. The zero-order valence-electron chi connectivity index (χ0n) is 9.90. The fourth-order valence-corrected chi connectivity index (χ4v) is 3.99. The predicted molar refractivity (Wildman–Crippen MR) is 62.7 cm³/mol. The highest BCUT2D eigenvalue weighted by Gasteiger charge is 2.44. The molecule has 0 radical (unpaired) electrons. The fourth-order valence-electron chi connectivity index (χ4n) is 3.99. The van der Waals surface area contributed by atoms with Gasteiger partial charge in [0.1, 0.15) is 0 Å². The van der Waals surface area contributed by atoms with Crippen molar-refractivity contribution in [3.63, 3.8) is 0 Å². The maximum atomic E-state index is 12.4. The Kier molecular flexibility index (Phi) is 2.66. The Balaban J connectivity index is 1.64. The zero-order chi connectivity index (χ0) is 11.1. The molecule has 1 aliphatic heterocycles. The Labute approximate surface area is 97.4 Å². The number of piperidine rings is 1. The smallest absolute Gasteiger partial charge is 0.226 e. The van der Waals surface area contributed by atoms with Crippen LogP contribution in [0.25, 0.3) is 0 Å². The molecule has 3 unspecified atom stereocenters. The number of hydrogen-bond donors (Lipinski definition) is 1. The van der Waals surface area contributed by atoms with Gasteiger partial charge in [-0.05, 0) is 43.9 Å². The molecule has 1 amide bonds. The minimum Gasteiger partial charge on any atom is -0.341 e. The number of rotatable bonds is 1. The molecule has 0 aromatic rings. The number of fused-ring (bicyclic) bond motifs is 2. The first-order chi connectivity index (χ1) is 7.74. The van der Waals surface area contributed by atoms with Crippen LogP contribution in [0.1, 0.15) is 38.5 Å². The molecule has 90 valence electrons. The van der Waals surface area contributed by atoms with E-state index in [1.165, 1.54) is 19.3 Å². The van der Waals surface area contributed by atoms with Crippen LogP contribution in [0.3, 0.4) is 0 Å². The van der Waals surface area contributed by atoms with Gasteiger partial charge in [-0.15, -0.1) is 0 Å². The molecule has 0 aromatic heterocycles. The molecule has 2 N–H and O–H groups in total. The van der Waals surface area contributed by atoms with Gasteiger partial charge in [0, 0.05) is 25.0 Å². The molecule has 0 spiro atoms. The second kappa shape index (κ2) is 4.02. The molecule has 0 aromatic carbocycles. The van der Waals surface area contributed by atoms with Crippen molar-refractivity contribution in [3.05, 3.63) is 0 Å². The Morgan fingerprint density at radius 3 is 2.69 bits per heavy atom. The van der Waals surface area contributed by atoms with Crippen molar-refractivity contribution in [2.45, 2.75) is 44.6 Å². The van der Waals surface area contributed by atoms with Crippen LogP contribution in [0.5, 0.6) is 0 Å². The first kappa shape index (κ1) is 10.6. The molecule has 16 heavy (non-hydrogen) atoms. The molecule has 3 aliphatic rings. The van der Waals surface area contributed by atoms with E-state index in [0.717, 1.165) is 38.3 Å². The fraction of sp³-hybridized carbons (Fsp3) is 0.923. The average molecular weight is 222 g/mol. The minimum absolute atomic E-state index is 0.219. The number of likely N-dealkylation sites (tertiary alicyclic amines) is 1. The van der Waals surface area contributed by atoms with Crippen LogP contribution in [0.2, 0.25) is 0 Å². The lowest BCUT2D eigenvalue weighted by atomic mass is 9.87. The third-order valence-electron chi connectivity index (χ3n) is 4.82. The summed E-state index contributed by atoms with van der Waals surface area (Å²) in [6, 6.07) is 0.219. The van der Waals surface area contributed by atoms with Gasteiger partial charge in [0.25, 0.3) is 0 Å². The first-order valence-corrected chi connectivity index (χ1v) is 6.78. The van der Waals surface area contributed by atoms with Crippen LogP contribution in [-0.2, 0) is 4.79 Å². The van der Waals surface area contributed by atoms with Crippen molar-refractivity contribution in [1.82, 2.24) is 4.90 Å². The molecule has 3 heteroatoms. The molecule has 3 fully saturated rings. The lowest BCUT2D eigenvalue weighted by Gasteiger charge is -2.34. The monoisotopic (exact) mass is 222 g/mol. The van der Waals surface area contributed by atoms with Gasteiger partial charge in [0.15, 0.2) is 0 Å². The summed E-state index contributed by atoms with van der Waals surface area (Å²) in [5, 5.41) is 0. The first-order valence-electron chi connectivity index (χ1n) is 6.78. The van der Waals surface area contributed by atoms with Crippen LogP contribution >= 0.6 is 0 Å². The highest BCUT2D eigenvalue weighted by molar-refractivity contribution is 5.79. The van der Waals surface area contributed by atoms with Gasteiger partial charge in [0.05, 0.1) is 0 Å². The standard InChI is InChI=1S/C13H22N2O/c14-11-2-1-5-15(8-11)13(16)12-7-9-3-4-10(12)6-9/h9-12H,1-8,14H2/t9?,10?,11-,12?/m1/s1. The van der Waals surface area contributed by atoms with Crippen LogP contribution in [0.4, 0.5) is 0 Å². The van der Waals surface area contributed by atoms with Crippen LogP contribution < -0.4 is 5.73 Å². The van der Waals surface area contributed by atoms with Crippen molar-refractivity contribution < 1.29 is 4.79 Å². The maximum absolute atomic E-state index is 12.4. The van der Waals surface area contributed by atoms with E-state index in [-0.39, 0.29) is 6.04 Å². The summed E-state index contributed by atoms with van der Waals surface area (Å²) in [7, 11) is 0. The van der Waals surface area contributed by atoms with Gasteiger partial charge < -0.3 is 10.6 Å². The van der Waals surface area contributed by atoms with Crippen LogP contribution in [0, 0.1) is 17.8 Å². The van der Waals surface area contributed by atoms with Crippen molar-refractivity contribution in [3.8, 4) is 0 Å². The summed E-state index contributed by atoms with van der Waals surface area (Å²) in [4.78, 5) is 14.4. The second-order valence-electron chi connectivity index (χ2n) is 5.97. The van der Waals surface area contributed by atoms with Crippen molar-refractivity contribution in [2.24, 2.45) is 23.5 Å². The summed E-state index contributed by atoms with van der Waals surface area (Å²) < 4.78 is 0. The molecule has 1 heterocycles. The lowest BCUT2D eigenvalue weighted by molar-refractivity contribution is -0.138. The Morgan fingerprint density at radius 1 is 1.19 bits per heavy atom. The summed E-state index contributed by atoms with van der Waals surface area (Å²) in [6.45, 7) is 1.74. The molecule has 3 rings (SSSR count). The zero-order valence-corrected chi connectivity index (χ0v) is 9.90. The summed E-state index contributed by atoms with van der Waals surface area (Å²) in [6.07, 6.45) is 7.31. The van der Waals surface area contributed by atoms with Gasteiger partial charge in [-0.2, -0.15) is 0 Å². The number of nitrogens with two attached hydrogens (primary N) is 1. The van der Waals surface area contributed by atoms with Crippen molar-refractivity contribution in [1.29, 1.82) is 0 Å². The second-order valence-corrected chi connectivity index (χ2v) is 5.97. The normalized spacial score (nSPS) is 42.7. The summed E-state index contributed by atoms with van der Waals surface area (Å²) in [5.41, 5.74) is 5.94. The largest absolute Gasteiger partial charge is 0.341 e. The lowest BCUT2D eigenvalue weighted by Crippen LogP contribution is -2.48. The van der Waals surface area contributed by atoms with E-state index < -0.39 is 0 Å². The molecule has 2 aliphatic carbocycles. The van der Waals surface area contributed by atoms with Crippen LogP contribution in [-0.4, -0.2) is 29.9 Å². The number of hydrogen-bond acceptors (Lipinski definition) is 2. The molecular weight excluding hydrogens is 200 g/mol. The van der Waals surface area contributed by atoms with Gasteiger partial charge in [-0.3, -0.25) is 4.79 Å². The molecule has 3 nitrogen and oxygen atoms in total. The molecular formula is C13H22N2O. The van der Waals surface area contributed by atoms with E-state index in [4.69, 9.17) is 5.73 Å². The van der Waals surface area contributed by atoms with Gasteiger partial charge >= 0.3 is 0 Å². The molecule has 4 atom stereocenters. The summed E-state index contributed by atoms with van der Waals surface area (Å²) >= 11 is 0. The van der Waals surface area contributed by atoms with Crippen LogP contribution in [0.15, 0.2) is 0 Å². The Morgan fingerprint density at radius 2 is 2.06 bits per heavy atom. The van der Waals surface area contributed by atoms with E-state index in [0.29, 0.717) is 17.7 Å². The Hall–Kier alpha value is -0.570. The van der Waals surface area contributed by atoms with E-state index in [2.05, 4.69) is 0 Å². The van der Waals surface area contributed by atoms with Gasteiger partial charge in [-0.25, -0.2) is 0 Å². The van der Waals surface area contributed by atoms with E-state index in [1.807, 2.05) is 4.90 Å². The topological polar surface area (TPSA) is 46.3 Å². The van der Waals surface area contributed by atoms with Crippen molar-refractivity contribution in [2.75, 3.05) is 13.1 Å². The summed E-state index contributed by atoms with van der Waals surface area (Å²) in [5.74, 6) is 2.33. The highest BCUT2D eigenvalue weighted by Crippen LogP contribution is 2.48. The third kappa shape index (κ3) is 1.75. The van der Waals surface area contributed by atoms with E-state index >= 15 is 0 Å². The number of carbonyl (C=O) groups excluding carboxylic acids is 1. The maximum Gasteiger partial charge on any atom is 0.226 e. The van der Waals surface area contributed by atoms with Gasteiger partial charge in [-0.1, -0.05) is 6.42 Å². The molecule has 2 saturated carbocycles. The number of amides is 1. The third-order valence-corrected chi connectivity index (χ3v) is 4.82. The molecule has 2 bridgehead atoms. The van der Waals surface area contributed by atoms with E-state index in [1.54, 1.807) is 0 Å². The molecule has 1 saturated heterocycles. The van der Waals surface area contributed by atoms with Crippen molar-refractivity contribution >= 4 is 5.91 Å². The quantitative estimate of drug-likeness (QED) is 0.728. The van der Waals surface area contributed by atoms with E-state index in [9.17, 15) is 4.79 Å². The Bertz CT molecular complexity index is 292. The number of carbonyl (C=O) groups is 1. The SMILES string of the molecule is N[C@@H]1CCCN(C(=O)C2CC3CCC2C3)C1. The van der Waals surface area contributed by atoms with Gasteiger partial charge in [0.2, 0.25) is 5.91 Å². The minimum atomic E-state index is 0.219. The number of nitrogens with zero attached hydrogens (tertiary/aromatic N) is 1.